The molecule has 3 aromatic rings. The van der Waals surface area contributed by atoms with Gasteiger partial charge in [0.25, 0.3) is 5.89 Å². The maximum absolute atomic E-state index is 11.9. The topological polar surface area (TPSA) is 81.8 Å². The minimum atomic E-state index is -0.0602. The van der Waals surface area contributed by atoms with Gasteiger partial charge in [-0.2, -0.15) is 4.98 Å². The fraction of sp³-hybridized carbons (Fsp3) is 0.235. The van der Waals surface area contributed by atoms with Crippen molar-refractivity contribution in [1.82, 2.24) is 20.1 Å². The Morgan fingerprint density at radius 1 is 1.16 bits per heavy atom. The highest BCUT2D eigenvalue weighted by molar-refractivity contribution is 7.98. The number of ketones is 1. The summed E-state index contributed by atoms with van der Waals surface area (Å²) in [7, 11) is 0. The quantitative estimate of drug-likeness (QED) is 0.374. The van der Waals surface area contributed by atoms with E-state index in [9.17, 15) is 4.79 Å². The summed E-state index contributed by atoms with van der Waals surface area (Å²) in [5, 5.41) is 5.26. The van der Waals surface area contributed by atoms with E-state index in [4.69, 9.17) is 16.1 Å². The lowest BCUT2D eigenvalue weighted by molar-refractivity contribution is 0.101. The number of hydrogen-bond acceptors (Lipinski definition) is 7. The molecule has 1 aromatic carbocycles. The molecule has 6 nitrogen and oxygen atoms in total. The van der Waals surface area contributed by atoms with Gasteiger partial charge in [-0.3, -0.25) is 4.79 Å². The van der Waals surface area contributed by atoms with Gasteiger partial charge in [0.15, 0.2) is 11.6 Å². The second-order valence-electron chi connectivity index (χ2n) is 5.40. The standard InChI is InChI=1S/C17H15ClN4O2S/c1-9-15(10(2)23)17(20-11(3)19-9)25-8-14-21-16(24-22-14)12-4-6-13(18)7-5-12/h4-7H,8H2,1-3H3. The van der Waals surface area contributed by atoms with Gasteiger partial charge in [0.2, 0.25) is 0 Å². The Labute approximate surface area is 154 Å². The van der Waals surface area contributed by atoms with Crippen LogP contribution in [-0.4, -0.2) is 25.9 Å². The molecule has 0 atom stereocenters. The molecule has 0 fully saturated rings. The third-order valence-electron chi connectivity index (χ3n) is 3.42. The van der Waals surface area contributed by atoms with Gasteiger partial charge in [0.1, 0.15) is 10.9 Å². The minimum absolute atomic E-state index is 0.0602. The minimum Gasteiger partial charge on any atom is -0.334 e. The molecule has 2 heterocycles. The Balaban J connectivity index is 1.79. The molecule has 2 aromatic heterocycles. The zero-order valence-corrected chi connectivity index (χ0v) is 15.5. The first-order valence-corrected chi connectivity index (χ1v) is 8.88. The summed E-state index contributed by atoms with van der Waals surface area (Å²) in [6, 6.07) is 7.16. The molecule has 0 saturated carbocycles. The first kappa shape index (κ1) is 17.6. The highest BCUT2D eigenvalue weighted by atomic mass is 35.5. The SMILES string of the molecule is CC(=O)c1c(C)nc(C)nc1SCc1noc(-c2ccc(Cl)cc2)n1. The Bertz CT molecular complexity index is 925. The van der Waals surface area contributed by atoms with E-state index < -0.39 is 0 Å². The van der Waals surface area contributed by atoms with Crippen LogP contribution in [0.15, 0.2) is 33.8 Å². The summed E-state index contributed by atoms with van der Waals surface area (Å²) in [4.78, 5) is 24.9. The highest BCUT2D eigenvalue weighted by Crippen LogP contribution is 2.27. The van der Waals surface area contributed by atoms with Crippen LogP contribution in [0.1, 0.15) is 34.6 Å². The van der Waals surface area contributed by atoms with Crippen molar-refractivity contribution in [2.45, 2.75) is 31.6 Å². The van der Waals surface area contributed by atoms with Crippen LogP contribution >= 0.6 is 23.4 Å². The van der Waals surface area contributed by atoms with E-state index in [-0.39, 0.29) is 5.78 Å². The number of thioether (sulfide) groups is 1. The molecule has 0 bridgehead atoms. The number of nitrogens with zero attached hydrogens (tertiary/aromatic N) is 4. The van der Waals surface area contributed by atoms with Crippen LogP contribution in [0.25, 0.3) is 11.5 Å². The molecule has 25 heavy (non-hydrogen) atoms. The van der Waals surface area contributed by atoms with Gasteiger partial charge >= 0.3 is 0 Å². The van der Waals surface area contributed by atoms with Gasteiger partial charge in [0, 0.05) is 10.6 Å². The summed E-state index contributed by atoms with van der Waals surface area (Å²) >= 11 is 7.27. The average molecular weight is 375 g/mol. The smallest absolute Gasteiger partial charge is 0.257 e. The molecule has 0 amide bonds. The van der Waals surface area contributed by atoms with Gasteiger partial charge in [0.05, 0.1) is 17.0 Å². The molecular formula is C17H15ClN4O2S. The Morgan fingerprint density at radius 2 is 1.88 bits per heavy atom. The summed E-state index contributed by atoms with van der Waals surface area (Å²) in [5.41, 5.74) is 2.01. The molecular weight excluding hydrogens is 360 g/mol. The van der Waals surface area contributed by atoms with Crippen molar-refractivity contribution < 1.29 is 9.32 Å². The Hall–Kier alpha value is -2.25. The van der Waals surface area contributed by atoms with E-state index in [1.807, 2.05) is 19.1 Å². The second-order valence-corrected chi connectivity index (χ2v) is 6.80. The fourth-order valence-electron chi connectivity index (χ4n) is 2.35. The third-order valence-corrected chi connectivity index (χ3v) is 4.64. The predicted molar refractivity (Wildman–Crippen MR) is 95.8 cm³/mol. The number of hydrogen-bond donors (Lipinski definition) is 0. The number of aromatic nitrogens is 4. The second kappa shape index (κ2) is 7.33. The van der Waals surface area contributed by atoms with Gasteiger partial charge in [-0.15, -0.1) is 0 Å². The summed E-state index contributed by atoms with van der Waals surface area (Å²) in [5.74, 6) is 1.95. The van der Waals surface area contributed by atoms with Crippen LogP contribution in [0, 0.1) is 13.8 Å². The maximum Gasteiger partial charge on any atom is 0.257 e. The number of carbonyl (C=O) groups is 1. The van der Waals surface area contributed by atoms with Gasteiger partial charge in [-0.25, -0.2) is 9.97 Å². The van der Waals surface area contributed by atoms with Crippen molar-refractivity contribution in [2.24, 2.45) is 0 Å². The number of halogens is 1. The van der Waals surface area contributed by atoms with Crippen LogP contribution in [0.5, 0.6) is 0 Å². The molecule has 0 spiro atoms. The Morgan fingerprint density at radius 3 is 2.56 bits per heavy atom. The lowest BCUT2D eigenvalue weighted by Crippen LogP contribution is -2.06. The molecule has 0 aliphatic carbocycles. The molecule has 3 rings (SSSR count). The summed E-state index contributed by atoms with van der Waals surface area (Å²) in [6.07, 6.45) is 0. The van der Waals surface area contributed by atoms with Crippen molar-refractivity contribution >= 4 is 29.1 Å². The van der Waals surface area contributed by atoms with Crippen molar-refractivity contribution in [3.8, 4) is 11.5 Å². The highest BCUT2D eigenvalue weighted by Gasteiger charge is 2.16. The predicted octanol–water partition coefficient (Wildman–Crippen LogP) is 4.29. The molecule has 0 N–H and O–H groups in total. The van der Waals surface area contributed by atoms with Crippen LogP contribution in [-0.2, 0) is 5.75 Å². The van der Waals surface area contributed by atoms with Crippen molar-refractivity contribution in [2.75, 3.05) is 0 Å². The van der Waals surface area contributed by atoms with Gasteiger partial charge in [-0.05, 0) is 45.0 Å². The van der Waals surface area contributed by atoms with Crippen molar-refractivity contribution in [3.63, 3.8) is 0 Å². The summed E-state index contributed by atoms with van der Waals surface area (Å²) in [6.45, 7) is 5.12. The summed E-state index contributed by atoms with van der Waals surface area (Å²) < 4.78 is 5.29. The van der Waals surface area contributed by atoms with E-state index in [1.54, 1.807) is 19.1 Å². The van der Waals surface area contributed by atoms with E-state index in [1.165, 1.54) is 18.7 Å². The lowest BCUT2D eigenvalue weighted by atomic mass is 10.2. The van der Waals surface area contributed by atoms with Gasteiger partial charge in [-0.1, -0.05) is 28.5 Å². The molecule has 128 valence electrons. The van der Waals surface area contributed by atoms with Gasteiger partial charge < -0.3 is 4.52 Å². The molecule has 8 heteroatoms. The zero-order valence-electron chi connectivity index (χ0n) is 13.9. The number of benzene rings is 1. The fourth-order valence-corrected chi connectivity index (χ4v) is 3.49. The van der Waals surface area contributed by atoms with Crippen molar-refractivity contribution in [1.29, 1.82) is 0 Å². The van der Waals surface area contributed by atoms with Crippen LogP contribution in [0.2, 0.25) is 5.02 Å². The third kappa shape index (κ3) is 4.05. The number of rotatable bonds is 5. The largest absolute Gasteiger partial charge is 0.334 e. The van der Waals surface area contributed by atoms with Crippen molar-refractivity contribution in [3.05, 3.63) is 52.2 Å². The average Bonchev–Trinajstić information content (AvgIpc) is 3.01. The first-order valence-electron chi connectivity index (χ1n) is 7.51. The molecule has 0 saturated heterocycles. The molecule has 0 aliphatic heterocycles. The van der Waals surface area contributed by atoms with Crippen LogP contribution in [0.3, 0.4) is 0 Å². The lowest BCUT2D eigenvalue weighted by Gasteiger charge is -2.08. The molecule has 0 unspecified atom stereocenters. The normalized spacial score (nSPS) is 10.9. The number of aryl methyl sites for hydroxylation is 2. The Kier molecular flexibility index (Phi) is 5.15. The molecule has 0 aliphatic rings. The van der Waals surface area contributed by atoms with Crippen LogP contribution in [0.4, 0.5) is 0 Å². The van der Waals surface area contributed by atoms with E-state index >= 15 is 0 Å². The monoisotopic (exact) mass is 374 g/mol. The van der Waals surface area contributed by atoms with E-state index in [0.717, 1.165) is 5.56 Å². The van der Waals surface area contributed by atoms with E-state index in [2.05, 4.69) is 20.1 Å². The number of Topliss-reactive ketones (excluding diaryl/α,β-unsaturated/α-hetero) is 1. The van der Waals surface area contributed by atoms with Crippen LogP contribution < -0.4 is 0 Å². The number of carbonyl (C=O) groups excluding carboxylic acids is 1. The molecule has 0 radical (unpaired) electrons. The first-order chi connectivity index (χ1) is 11.9. The van der Waals surface area contributed by atoms with E-state index in [0.29, 0.717) is 44.6 Å². The zero-order chi connectivity index (χ0) is 18.0. The maximum atomic E-state index is 11.9.